The van der Waals surface area contributed by atoms with Gasteiger partial charge in [0, 0.05) is 12.0 Å². The molecule has 1 aromatic carbocycles. The molecule has 0 radical (unpaired) electrons. The normalized spacial score (nSPS) is 20.9. The van der Waals surface area contributed by atoms with Crippen LogP contribution in [0.4, 0.5) is 0 Å². The summed E-state index contributed by atoms with van der Waals surface area (Å²) in [4.78, 5) is 11.2. The van der Waals surface area contributed by atoms with E-state index in [-0.39, 0.29) is 12.1 Å². The highest BCUT2D eigenvalue weighted by atomic mass is 16.5. The molecule has 3 heteroatoms. The van der Waals surface area contributed by atoms with Crippen molar-refractivity contribution in [2.24, 2.45) is 0 Å². The number of hydrogen-bond acceptors (Lipinski definition) is 3. The van der Waals surface area contributed by atoms with Crippen LogP contribution in [0.25, 0.3) is 0 Å². The molecule has 1 fully saturated rings. The second-order valence-electron chi connectivity index (χ2n) is 3.61. The Kier molecular flexibility index (Phi) is 2.90. The van der Waals surface area contributed by atoms with Crippen LogP contribution in [0.5, 0.6) is 5.75 Å². The van der Waals surface area contributed by atoms with Gasteiger partial charge in [0.05, 0.1) is 7.11 Å². The first-order valence-electron chi connectivity index (χ1n) is 5.13. The van der Waals surface area contributed by atoms with Gasteiger partial charge in [0.2, 0.25) is 0 Å². The molecule has 80 valence electrons. The van der Waals surface area contributed by atoms with Gasteiger partial charge < -0.3 is 9.47 Å². The molecule has 1 heterocycles. The van der Waals surface area contributed by atoms with Gasteiger partial charge in [-0.15, -0.1) is 0 Å². The molecule has 0 amide bonds. The van der Waals surface area contributed by atoms with Gasteiger partial charge in [-0.2, -0.15) is 0 Å². The zero-order valence-corrected chi connectivity index (χ0v) is 8.73. The number of para-hydroxylation sites is 1. The van der Waals surface area contributed by atoms with Crippen LogP contribution in [-0.4, -0.2) is 13.1 Å². The molecular weight excluding hydrogens is 192 g/mol. The van der Waals surface area contributed by atoms with Crippen molar-refractivity contribution in [3.8, 4) is 5.75 Å². The van der Waals surface area contributed by atoms with E-state index in [9.17, 15) is 4.79 Å². The van der Waals surface area contributed by atoms with E-state index in [2.05, 4.69) is 0 Å². The maximum Gasteiger partial charge on any atom is 0.306 e. The SMILES string of the molecule is COc1ccccc1[C@@H]1CCCC(=O)O1. The lowest BCUT2D eigenvalue weighted by Crippen LogP contribution is -2.17. The summed E-state index contributed by atoms with van der Waals surface area (Å²) in [6, 6.07) is 7.67. The van der Waals surface area contributed by atoms with Gasteiger partial charge in [-0.25, -0.2) is 0 Å². The zero-order valence-electron chi connectivity index (χ0n) is 8.73. The summed E-state index contributed by atoms with van der Waals surface area (Å²) in [6.45, 7) is 0. The van der Waals surface area contributed by atoms with Crippen molar-refractivity contribution in [2.75, 3.05) is 7.11 Å². The number of methoxy groups -OCH3 is 1. The third kappa shape index (κ3) is 2.12. The molecule has 15 heavy (non-hydrogen) atoms. The predicted octanol–water partition coefficient (Wildman–Crippen LogP) is 2.46. The van der Waals surface area contributed by atoms with E-state index in [0.717, 1.165) is 24.2 Å². The van der Waals surface area contributed by atoms with Crippen molar-refractivity contribution in [1.29, 1.82) is 0 Å². The molecule has 1 aliphatic rings. The maximum absolute atomic E-state index is 11.2. The first kappa shape index (κ1) is 10.0. The fourth-order valence-corrected chi connectivity index (χ4v) is 1.86. The third-order valence-corrected chi connectivity index (χ3v) is 2.61. The second kappa shape index (κ2) is 4.34. The minimum atomic E-state index is -0.137. The van der Waals surface area contributed by atoms with Gasteiger partial charge in [-0.1, -0.05) is 18.2 Å². The number of benzene rings is 1. The van der Waals surface area contributed by atoms with Gasteiger partial charge in [0.1, 0.15) is 11.9 Å². The lowest BCUT2D eigenvalue weighted by Gasteiger charge is -2.23. The highest BCUT2D eigenvalue weighted by Crippen LogP contribution is 2.33. The van der Waals surface area contributed by atoms with Crippen molar-refractivity contribution in [1.82, 2.24) is 0 Å². The number of hydrogen-bond donors (Lipinski definition) is 0. The Labute approximate surface area is 89.0 Å². The number of carbonyl (C=O) groups is 1. The summed E-state index contributed by atoms with van der Waals surface area (Å²) in [6.07, 6.45) is 2.17. The van der Waals surface area contributed by atoms with Crippen molar-refractivity contribution < 1.29 is 14.3 Å². The third-order valence-electron chi connectivity index (χ3n) is 2.61. The number of carbonyl (C=O) groups excluding carboxylic acids is 1. The fourth-order valence-electron chi connectivity index (χ4n) is 1.86. The summed E-state index contributed by atoms with van der Waals surface area (Å²) in [5, 5.41) is 0. The summed E-state index contributed by atoms with van der Waals surface area (Å²) in [5.41, 5.74) is 0.966. The zero-order chi connectivity index (χ0) is 10.7. The van der Waals surface area contributed by atoms with Crippen LogP contribution in [0.3, 0.4) is 0 Å². The fraction of sp³-hybridized carbons (Fsp3) is 0.417. The van der Waals surface area contributed by atoms with Crippen LogP contribution < -0.4 is 4.74 Å². The monoisotopic (exact) mass is 206 g/mol. The summed E-state index contributed by atoms with van der Waals surface area (Å²) in [7, 11) is 1.63. The molecule has 0 spiro atoms. The lowest BCUT2D eigenvalue weighted by molar-refractivity contribution is -0.154. The largest absolute Gasteiger partial charge is 0.496 e. The molecule has 3 nitrogen and oxygen atoms in total. The van der Waals surface area contributed by atoms with Gasteiger partial charge in [-0.3, -0.25) is 4.79 Å². The number of cyclic esters (lactones) is 1. The Morgan fingerprint density at radius 3 is 2.93 bits per heavy atom. The highest BCUT2D eigenvalue weighted by Gasteiger charge is 2.24. The molecule has 0 saturated carbocycles. The minimum absolute atomic E-state index is 0.114. The van der Waals surface area contributed by atoms with Crippen molar-refractivity contribution in [3.63, 3.8) is 0 Å². The number of esters is 1. The van der Waals surface area contributed by atoms with Crippen LogP contribution in [0.15, 0.2) is 24.3 Å². The number of ether oxygens (including phenoxy) is 2. The summed E-state index contributed by atoms with van der Waals surface area (Å²) in [5.74, 6) is 0.675. The molecule has 1 aromatic rings. The first-order valence-corrected chi connectivity index (χ1v) is 5.13. The average molecular weight is 206 g/mol. The Morgan fingerprint density at radius 1 is 1.40 bits per heavy atom. The first-order chi connectivity index (χ1) is 7.31. The van der Waals surface area contributed by atoms with E-state index < -0.39 is 0 Å². The molecule has 0 unspecified atom stereocenters. The smallest absolute Gasteiger partial charge is 0.306 e. The van der Waals surface area contributed by atoms with Crippen molar-refractivity contribution in [3.05, 3.63) is 29.8 Å². The van der Waals surface area contributed by atoms with E-state index >= 15 is 0 Å². The van der Waals surface area contributed by atoms with Crippen LogP contribution in [0, 0.1) is 0 Å². The van der Waals surface area contributed by atoms with Gasteiger partial charge in [0.25, 0.3) is 0 Å². The molecule has 0 aromatic heterocycles. The molecule has 0 bridgehead atoms. The van der Waals surface area contributed by atoms with Gasteiger partial charge in [0.15, 0.2) is 0 Å². The van der Waals surface area contributed by atoms with Crippen molar-refractivity contribution >= 4 is 5.97 Å². The Morgan fingerprint density at radius 2 is 2.20 bits per heavy atom. The predicted molar refractivity (Wildman–Crippen MR) is 55.7 cm³/mol. The average Bonchev–Trinajstić information content (AvgIpc) is 2.29. The van der Waals surface area contributed by atoms with E-state index in [1.807, 2.05) is 24.3 Å². The topological polar surface area (TPSA) is 35.5 Å². The van der Waals surface area contributed by atoms with Crippen LogP contribution >= 0.6 is 0 Å². The maximum atomic E-state index is 11.2. The van der Waals surface area contributed by atoms with E-state index in [4.69, 9.17) is 9.47 Å². The summed E-state index contributed by atoms with van der Waals surface area (Å²) >= 11 is 0. The molecule has 0 N–H and O–H groups in total. The van der Waals surface area contributed by atoms with Gasteiger partial charge in [-0.05, 0) is 18.9 Å². The van der Waals surface area contributed by atoms with Crippen molar-refractivity contribution in [2.45, 2.75) is 25.4 Å². The van der Waals surface area contributed by atoms with Gasteiger partial charge >= 0.3 is 5.97 Å². The van der Waals surface area contributed by atoms with Crippen LogP contribution in [-0.2, 0) is 9.53 Å². The molecule has 2 rings (SSSR count). The summed E-state index contributed by atoms with van der Waals surface area (Å²) < 4.78 is 10.5. The van der Waals surface area contributed by atoms with Crippen LogP contribution in [0.2, 0.25) is 0 Å². The Balaban J connectivity index is 2.24. The molecule has 1 saturated heterocycles. The standard InChI is InChI=1S/C12H14O3/c1-14-10-6-3-2-5-9(10)11-7-4-8-12(13)15-11/h2-3,5-6,11H,4,7-8H2,1H3/t11-/m0/s1. The Bertz CT molecular complexity index is 360. The molecule has 1 aliphatic heterocycles. The highest BCUT2D eigenvalue weighted by molar-refractivity contribution is 5.70. The molecular formula is C12H14O3. The molecule has 1 atom stereocenters. The molecule has 0 aliphatic carbocycles. The quantitative estimate of drug-likeness (QED) is 0.697. The van der Waals surface area contributed by atoms with Crippen LogP contribution in [0.1, 0.15) is 30.9 Å². The minimum Gasteiger partial charge on any atom is -0.496 e. The van der Waals surface area contributed by atoms with E-state index in [1.165, 1.54) is 0 Å². The second-order valence-corrected chi connectivity index (χ2v) is 3.61. The lowest BCUT2D eigenvalue weighted by atomic mass is 10.0. The number of rotatable bonds is 2. The van der Waals surface area contributed by atoms with E-state index in [1.54, 1.807) is 7.11 Å². The Hall–Kier alpha value is -1.51. The van der Waals surface area contributed by atoms with E-state index in [0.29, 0.717) is 6.42 Å².